The van der Waals surface area contributed by atoms with Crippen LogP contribution in [0.3, 0.4) is 0 Å². The minimum Gasteiger partial charge on any atom is -0.338 e. The van der Waals surface area contributed by atoms with Crippen LogP contribution in [0.4, 0.5) is 5.00 Å². The molecule has 124 valence electrons. The molecule has 0 unspecified atom stereocenters. The molecule has 0 bridgehead atoms. The number of carbonyl (C=O) groups is 2. The van der Waals surface area contributed by atoms with Crippen LogP contribution in [-0.2, 0) is 4.79 Å². The third-order valence-corrected chi connectivity index (χ3v) is 5.97. The fourth-order valence-electron chi connectivity index (χ4n) is 3.72. The Labute approximate surface area is 144 Å². The molecule has 2 amide bonds. The number of amides is 2. The van der Waals surface area contributed by atoms with Gasteiger partial charge in [-0.3, -0.25) is 14.6 Å². The molecule has 0 saturated carbocycles. The number of likely N-dealkylation sites (tertiary alicyclic amines) is 1. The van der Waals surface area contributed by atoms with Crippen molar-refractivity contribution in [3.05, 3.63) is 47.1 Å². The minimum absolute atomic E-state index is 0.0119. The summed E-state index contributed by atoms with van der Waals surface area (Å²) < 4.78 is 0. The molecule has 0 N–H and O–H groups in total. The number of pyridine rings is 1. The molecule has 2 saturated heterocycles. The number of anilines is 1. The standard InChI is InChI=1S/C18H19N3O2S/c1-13-4-5-16(24-13)21-12-18(9-15(21)22)6-8-20(11-18)17(23)14-3-2-7-19-10-14/h2-5,7,10H,6,8-9,11-12H2,1H3/t18-/m1/s1. The average molecular weight is 341 g/mol. The normalized spacial score (nSPS) is 23.5. The predicted octanol–water partition coefficient (Wildman–Crippen LogP) is 2.72. The van der Waals surface area contributed by atoms with E-state index in [0.29, 0.717) is 31.6 Å². The van der Waals surface area contributed by atoms with E-state index in [9.17, 15) is 9.59 Å². The Morgan fingerprint density at radius 1 is 1.29 bits per heavy atom. The van der Waals surface area contributed by atoms with Gasteiger partial charge >= 0.3 is 0 Å². The molecule has 4 heterocycles. The number of aromatic nitrogens is 1. The zero-order chi connectivity index (χ0) is 16.7. The lowest BCUT2D eigenvalue weighted by Crippen LogP contribution is -2.34. The van der Waals surface area contributed by atoms with Crippen LogP contribution in [0, 0.1) is 12.3 Å². The van der Waals surface area contributed by atoms with Gasteiger partial charge in [0.05, 0.1) is 10.6 Å². The SMILES string of the molecule is Cc1ccc(N2C[C@]3(CCN(C(=O)c4cccnc4)C3)CC2=O)s1. The maximum Gasteiger partial charge on any atom is 0.255 e. The van der Waals surface area contributed by atoms with E-state index in [0.717, 1.165) is 11.4 Å². The van der Waals surface area contributed by atoms with Crippen molar-refractivity contribution in [2.45, 2.75) is 19.8 Å². The summed E-state index contributed by atoms with van der Waals surface area (Å²) in [7, 11) is 0. The van der Waals surface area contributed by atoms with Gasteiger partial charge in [0.2, 0.25) is 5.91 Å². The van der Waals surface area contributed by atoms with Gasteiger partial charge in [0.25, 0.3) is 5.91 Å². The molecule has 5 nitrogen and oxygen atoms in total. The Kier molecular flexibility index (Phi) is 3.64. The first-order chi connectivity index (χ1) is 11.6. The number of aryl methyl sites for hydroxylation is 1. The molecule has 0 radical (unpaired) electrons. The van der Waals surface area contributed by atoms with Crippen molar-refractivity contribution in [1.29, 1.82) is 0 Å². The first-order valence-electron chi connectivity index (χ1n) is 8.12. The highest BCUT2D eigenvalue weighted by Crippen LogP contribution is 2.43. The summed E-state index contributed by atoms with van der Waals surface area (Å²) in [6, 6.07) is 7.63. The second-order valence-corrected chi connectivity index (χ2v) is 8.03. The van der Waals surface area contributed by atoms with E-state index < -0.39 is 0 Å². The third kappa shape index (κ3) is 2.60. The molecule has 1 spiro atoms. The Morgan fingerprint density at radius 2 is 2.17 bits per heavy atom. The molecule has 2 aromatic rings. The van der Waals surface area contributed by atoms with Crippen LogP contribution in [0.5, 0.6) is 0 Å². The van der Waals surface area contributed by atoms with Gasteiger partial charge in [-0.05, 0) is 37.6 Å². The molecule has 4 rings (SSSR count). The first-order valence-corrected chi connectivity index (χ1v) is 8.94. The van der Waals surface area contributed by atoms with Crippen LogP contribution in [0.15, 0.2) is 36.7 Å². The largest absolute Gasteiger partial charge is 0.338 e. The van der Waals surface area contributed by atoms with Crippen LogP contribution in [0.1, 0.15) is 28.1 Å². The van der Waals surface area contributed by atoms with Gasteiger partial charge in [-0.25, -0.2) is 0 Å². The van der Waals surface area contributed by atoms with Crippen LogP contribution >= 0.6 is 11.3 Å². The van der Waals surface area contributed by atoms with Gasteiger partial charge in [0, 0.05) is 48.7 Å². The summed E-state index contributed by atoms with van der Waals surface area (Å²) in [5.41, 5.74) is 0.511. The predicted molar refractivity (Wildman–Crippen MR) is 93.2 cm³/mol. The van der Waals surface area contributed by atoms with E-state index in [1.165, 1.54) is 4.88 Å². The van der Waals surface area contributed by atoms with E-state index in [-0.39, 0.29) is 17.2 Å². The maximum atomic E-state index is 12.6. The number of rotatable bonds is 2. The van der Waals surface area contributed by atoms with Gasteiger partial charge in [-0.1, -0.05) is 0 Å². The van der Waals surface area contributed by atoms with E-state index in [1.54, 1.807) is 35.9 Å². The highest BCUT2D eigenvalue weighted by Gasteiger charge is 2.49. The topological polar surface area (TPSA) is 53.5 Å². The lowest BCUT2D eigenvalue weighted by atomic mass is 9.86. The van der Waals surface area contributed by atoms with Crippen molar-refractivity contribution in [2.75, 3.05) is 24.5 Å². The molecule has 0 aromatic carbocycles. The van der Waals surface area contributed by atoms with Crippen molar-refractivity contribution in [3.63, 3.8) is 0 Å². The summed E-state index contributed by atoms with van der Waals surface area (Å²) in [4.78, 5) is 34.1. The Balaban J connectivity index is 1.50. The fraction of sp³-hybridized carbons (Fsp3) is 0.389. The quantitative estimate of drug-likeness (QED) is 0.844. The van der Waals surface area contributed by atoms with Gasteiger partial charge in [-0.15, -0.1) is 11.3 Å². The summed E-state index contributed by atoms with van der Waals surface area (Å²) in [5, 5.41) is 1.02. The van der Waals surface area contributed by atoms with E-state index in [1.807, 2.05) is 28.9 Å². The van der Waals surface area contributed by atoms with E-state index in [2.05, 4.69) is 4.98 Å². The second-order valence-electron chi connectivity index (χ2n) is 6.76. The first kappa shape index (κ1) is 15.3. The molecule has 2 fully saturated rings. The van der Waals surface area contributed by atoms with Crippen molar-refractivity contribution < 1.29 is 9.59 Å². The lowest BCUT2D eigenvalue weighted by Gasteiger charge is -2.23. The zero-order valence-corrected chi connectivity index (χ0v) is 14.4. The van der Waals surface area contributed by atoms with Gasteiger partial charge in [0.15, 0.2) is 0 Å². The number of carbonyl (C=O) groups excluding carboxylic acids is 2. The van der Waals surface area contributed by atoms with Crippen LogP contribution < -0.4 is 4.90 Å². The van der Waals surface area contributed by atoms with Crippen molar-refractivity contribution >= 4 is 28.2 Å². The summed E-state index contributed by atoms with van der Waals surface area (Å²) in [6.45, 7) is 4.11. The van der Waals surface area contributed by atoms with Crippen LogP contribution in [0.2, 0.25) is 0 Å². The number of hydrogen-bond donors (Lipinski definition) is 0. The van der Waals surface area contributed by atoms with E-state index in [4.69, 9.17) is 0 Å². The molecule has 24 heavy (non-hydrogen) atoms. The summed E-state index contributed by atoms with van der Waals surface area (Å²) in [6.07, 6.45) is 4.68. The monoisotopic (exact) mass is 341 g/mol. The summed E-state index contributed by atoms with van der Waals surface area (Å²) >= 11 is 1.65. The van der Waals surface area contributed by atoms with Gasteiger partial charge < -0.3 is 9.80 Å². The molecular formula is C18H19N3O2S. The molecule has 1 atom stereocenters. The maximum absolute atomic E-state index is 12.6. The minimum atomic E-state index is -0.104. The second kappa shape index (κ2) is 5.70. The van der Waals surface area contributed by atoms with Gasteiger partial charge in [-0.2, -0.15) is 0 Å². The Bertz CT molecular complexity index is 789. The van der Waals surface area contributed by atoms with E-state index >= 15 is 0 Å². The molecule has 6 heteroatoms. The molecule has 2 aliphatic heterocycles. The lowest BCUT2D eigenvalue weighted by molar-refractivity contribution is -0.117. The number of nitrogens with zero attached hydrogens (tertiary/aromatic N) is 3. The highest BCUT2D eigenvalue weighted by molar-refractivity contribution is 7.16. The van der Waals surface area contributed by atoms with Crippen molar-refractivity contribution in [3.8, 4) is 0 Å². The van der Waals surface area contributed by atoms with Crippen LogP contribution in [-0.4, -0.2) is 41.3 Å². The van der Waals surface area contributed by atoms with Crippen molar-refractivity contribution in [1.82, 2.24) is 9.88 Å². The summed E-state index contributed by atoms with van der Waals surface area (Å²) in [5.74, 6) is 0.186. The molecular weight excluding hydrogens is 322 g/mol. The van der Waals surface area contributed by atoms with Crippen molar-refractivity contribution in [2.24, 2.45) is 5.41 Å². The van der Waals surface area contributed by atoms with Gasteiger partial charge in [0.1, 0.15) is 0 Å². The molecule has 2 aromatic heterocycles. The molecule has 0 aliphatic carbocycles. The average Bonchev–Trinajstić information content (AvgIpc) is 3.27. The fourth-order valence-corrected chi connectivity index (χ4v) is 4.60. The number of hydrogen-bond acceptors (Lipinski definition) is 4. The Hall–Kier alpha value is -2.21. The highest BCUT2D eigenvalue weighted by atomic mass is 32.1. The zero-order valence-electron chi connectivity index (χ0n) is 13.6. The number of thiophene rings is 1. The van der Waals surface area contributed by atoms with Crippen LogP contribution in [0.25, 0.3) is 0 Å². The molecule has 2 aliphatic rings. The third-order valence-electron chi connectivity index (χ3n) is 4.95. The Morgan fingerprint density at radius 3 is 2.88 bits per heavy atom. The smallest absolute Gasteiger partial charge is 0.255 e.